The number of nitroso groups, excluding NO2 is 2. The van der Waals surface area contributed by atoms with E-state index in [1.165, 1.54) is 0 Å². The van der Waals surface area contributed by atoms with E-state index in [-0.39, 0.29) is 42.6 Å². The highest BCUT2D eigenvalue weighted by Crippen LogP contribution is 2.54. The fourth-order valence-corrected chi connectivity index (χ4v) is 6.13. The number of allylic oxidation sites excluding steroid dienone is 2. The van der Waals surface area contributed by atoms with Crippen LogP contribution < -0.4 is 16.0 Å². The molecule has 0 aliphatic heterocycles. The average Bonchev–Trinajstić information content (AvgIpc) is 2.85. The summed E-state index contributed by atoms with van der Waals surface area (Å²) in [5, 5.41) is 31.2. The van der Waals surface area contributed by atoms with Crippen molar-refractivity contribution in [2.45, 2.75) is 51.6 Å². The van der Waals surface area contributed by atoms with Crippen LogP contribution in [-0.2, 0) is 22.6 Å². The van der Waals surface area contributed by atoms with Gasteiger partial charge in [-0.3, -0.25) is 14.4 Å². The van der Waals surface area contributed by atoms with Crippen LogP contribution in [-0.4, -0.2) is 53.9 Å². The number of amides is 1. The number of hydrogen-bond donors (Lipinski definition) is 4. The van der Waals surface area contributed by atoms with Crippen molar-refractivity contribution in [1.29, 1.82) is 0 Å². The number of hydrogen-bond acceptors (Lipinski definition) is 11. The molecule has 3 aliphatic carbocycles. The van der Waals surface area contributed by atoms with Crippen LogP contribution in [0.2, 0.25) is 0 Å². The van der Waals surface area contributed by atoms with Crippen molar-refractivity contribution in [2.24, 2.45) is 33.8 Å². The molecule has 0 aromatic heterocycles. The highest BCUT2D eigenvalue weighted by atomic mass is 16.3. The van der Waals surface area contributed by atoms with E-state index in [2.05, 4.69) is 29.5 Å². The van der Waals surface area contributed by atoms with E-state index in [4.69, 9.17) is 5.73 Å². The van der Waals surface area contributed by atoms with Crippen molar-refractivity contribution in [3.05, 3.63) is 55.2 Å². The highest BCUT2D eigenvalue weighted by Gasteiger charge is 2.62. The maximum absolute atomic E-state index is 14.0. The molecule has 0 saturated heterocycles. The number of primary amides is 1. The average molecular weight is 540 g/mol. The van der Waals surface area contributed by atoms with Crippen molar-refractivity contribution in [1.82, 2.24) is 5.32 Å². The Morgan fingerprint density at radius 1 is 1.23 bits per heavy atom. The monoisotopic (exact) mass is 539 g/mol. The Labute approximate surface area is 225 Å². The summed E-state index contributed by atoms with van der Waals surface area (Å²) in [6.07, 6.45) is 0.870. The Bertz CT molecular complexity index is 1350. The van der Waals surface area contributed by atoms with E-state index in [1.54, 1.807) is 0 Å². The third kappa shape index (κ3) is 4.32. The maximum atomic E-state index is 14.0. The number of aliphatic hydroxyl groups excluding tert-OH is 2. The van der Waals surface area contributed by atoms with Gasteiger partial charge >= 0.3 is 0 Å². The number of aliphatic hydroxyl groups is 2. The number of nitrogens with one attached hydrogen (secondary N) is 1. The van der Waals surface area contributed by atoms with Gasteiger partial charge in [-0.05, 0) is 65.2 Å². The first-order chi connectivity index (χ1) is 18.4. The van der Waals surface area contributed by atoms with E-state index in [0.29, 0.717) is 29.3 Å². The highest BCUT2D eigenvalue weighted by molar-refractivity contribution is 6.25. The molecule has 0 spiro atoms. The molecule has 0 saturated carbocycles. The van der Waals surface area contributed by atoms with Crippen LogP contribution in [0.25, 0.3) is 0 Å². The molecule has 3 atom stereocenters. The molecular formula is C27H33N5O7. The third-order valence-electron chi connectivity index (χ3n) is 8.05. The number of carbonyl (C=O) groups excluding carboxylic acids is 3. The lowest BCUT2D eigenvalue weighted by molar-refractivity contribution is -0.127. The zero-order valence-corrected chi connectivity index (χ0v) is 22.4. The molecule has 4 rings (SSSR count). The van der Waals surface area contributed by atoms with Gasteiger partial charge in [0.1, 0.15) is 22.8 Å². The van der Waals surface area contributed by atoms with Gasteiger partial charge in [0.05, 0.1) is 5.56 Å². The smallest absolute Gasteiger partial charge is 0.255 e. The third-order valence-corrected chi connectivity index (χ3v) is 8.05. The topological polar surface area (TPSA) is 192 Å². The summed E-state index contributed by atoms with van der Waals surface area (Å²) in [4.78, 5) is 65.5. The normalized spacial score (nSPS) is 24.3. The largest absolute Gasteiger partial charge is 0.511 e. The number of fused-ring (bicyclic) bond motifs is 3. The van der Waals surface area contributed by atoms with Gasteiger partial charge in [0.25, 0.3) is 5.91 Å². The lowest BCUT2D eigenvalue weighted by atomic mass is 9.59. The summed E-state index contributed by atoms with van der Waals surface area (Å²) in [7, 11) is 3.62. The number of carbonyl (C=O) groups is 3. The number of rotatable bonds is 9. The fourth-order valence-electron chi connectivity index (χ4n) is 6.13. The Hall–Kier alpha value is -3.93. The quantitative estimate of drug-likeness (QED) is 0.207. The van der Waals surface area contributed by atoms with Crippen LogP contribution in [0.5, 0.6) is 0 Å². The van der Waals surface area contributed by atoms with Crippen LogP contribution >= 0.6 is 0 Å². The van der Waals surface area contributed by atoms with Gasteiger partial charge in [0, 0.05) is 44.2 Å². The second kappa shape index (κ2) is 10.3. The Kier molecular flexibility index (Phi) is 7.44. The number of anilines is 1. The molecule has 3 aliphatic rings. The van der Waals surface area contributed by atoms with Gasteiger partial charge in [0.2, 0.25) is 11.3 Å². The minimum atomic E-state index is -2.48. The molecule has 1 aromatic rings. The summed E-state index contributed by atoms with van der Waals surface area (Å²) in [6.45, 7) is 5.14. The van der Waals surface area contributed by atoms with Gasteiger partial charge in [0.15, 0.2) is 5.78 Å². The molecule has 0 fully saturated rings. The SMILES string of the molecule is CC(C)CCNCc1cc(N(C)C)c2c(c1N=O)C(=O)C1=C(O)[C@]3(N=O)C(=O)C(C(N)=O)=C(O)C[C@@H]3C[C@@H]1C2. The number of ketones is 2. The van der Waals surface area contributed by atoms with E-state index < -0.39 is 51.9 Å². The van der Waals surface area contributed by atoms with Gasteiger partial charge < -0.3 is 26.2 Å². The van der Waals surface area contributed by atoms with Gasteiger partial charge in [-0.2, -0.15) is 0 Å². The number of benzene rings is 1. The van der Waals surface area contributed by atoms with E-state index in [0.717, 1.165) is 6.42 Å². The van der Waals surface area contributed by atoms with Crippen molar-refractivity contribution in [3.63, 3.8) is 0 Å². The number of nitrogens with two attached hydrogens (primary N) is 1. The molecule has 0 heterocycles. The molecule has 208 valence electrons. The molecule has 12 nitrogen and oxygen atoms in total. The predicted octanol–water partition coefficient (Wildman–Crippen LogP) is 3.25. The number of nitrogens with zero attached hydrogens (tertiary/aromatic N) is 3. The standard InChI is InChI=1S/C27H33N5O7/c1-12(2)5-6-29-11-14-9-17(32(3)4)16-8-13-7-15-10-18(33)21(26(28)37)25(36)27(15,31-39)24(35)19(13)23(34)20(16)22(14)30-38/h9,12-13,15,29,33,35H,5-8,10-11H2,1-4H3,(H2,28,37)/t13-,15+,27+/m1/s1. The summed E-state index contributed by atoms with van der Waals surface area (Å²) in [5.41, 5.74) is 3.46. The molecule has 12 heteroatoms. The first-order valence-electron chi connectivity index (χ1n) is 12.9. The molecule has 5 N–H and O–H groups in total. The molecule has 0 radical (unpaired) electrons. The Morgan fingerprint density at radius 2 is 1.92 bits per heavy atom. The van der Waals surface area contributed by atoms with Crippen molar-refractivity contribution in [2.75, 3.05) is 25.5 Å². The Morgan fingerprint density at radius 3 is 2.49 bits per heavy atom. The fraction of sp³-hybridized carbons (Fsp3) is 0.519. The zero-order valence-electron chi connectivity index (χ0n) is 22.4. The van der Waals surface area contributed by atoms with E-state index in [9.17, 15) is 34.4 Å². The van der Waals surface area contributed by atoms with Crippen LogP contribution in [0.4, 0.5) is 11.4 Å². The molecule has 39 heavy (non-hydrogen) atoms. The Balaban J connectivity index is 1.89. The van der Waals surface area contributed by atoms with Crippen LogP contribution in [0.3, 0.4) is 0 Å². The molecular weight excluding hydrogens is 506 g/mol. The molecule has 1 aromatic carbocycles. The maximum Gasteiger partial charge on any atom is 0.255 e. The van der Waals surface area contributed by atoms with Crippen molar-refractivity contribution in [3.8, 4) is 0 Å². The minimum absolute atomic E-state index is 0.00549. The van der Waals surface area contributed by atoms with Crippen LogP contribution in [0, 0.1) is 27.6 Å². The van der Waals surface area contributed by atoms with Crippen LogP contribution in [0.1, 0.15) is 54.6 Å². The molecule has 0 bridgehead atoms. The van der Waals surface area contributed by atoms with Gasteiger partial charge in [-0.1, -0.05) is 13.8 Å². The lowest BCUT2D eigenvalue weighted by Crippen LogP contribution is -2.56. The van der Waals surface area contributed by atoms with E-state index >= 15 is 0 Å². The second-order valence-electron chi connectivity index (χ2n) is 11.1. The summed E-state index contributed by atoms with van der Waals surface area (Å²) in [6, 6.07) is 1.82. The zero-order chi connectivity index (χ0) is 28.8. The number of Topliss-reactive ketones (excluding diaryl/α,β-unsaturated/α-hetero) is 2. The van der Waals surface area contributed by atoms with E-state index in [1.807, 2.05) is 25.1 Å². The summed E-state index contributed by atoms with van der Waals surface area (Å²) >= 11 is 0. The molecule has 1 amide bonds. The summed E-state index contributed by atoms with van der Waals surface area (Å²) < 4.78 is 0. The van der Waals surface area contributed by atoms with Gasteiger partial charge in [-0.15, -0.1) is 9.81 Å². The van der Waals surface area contributed by atoms with Crippen molar-refractivity contribution < 1.29 is 24.6 Å². The minimum Gasteiger partial charge on any atom is -0.511 e. The van der Waals surface area contributed by atoms with Crippen molar-refractivity contribution >= 4 is 28.8 Å². The first kappa shape index (κ1) is 28.1. The summed E-state index contributed by atoms with van der Waals surface area (Å²) in [5.74, 6) is -5.84. The van der Waals surface area contributed by atoms with Crippen LogP contribution in [0.15, 0.2) is 39.1 Å². The first-order valence-corrected chi connectivity index (χ1v) is 12.9. The predicted molar refractivity (Wildman–Crippen MR) is 144 cm³/mol. The van der Waals surface area contributed by atoms with Gasteiger partial charge in [-0.25, -0.2) is 0 Å². The lowest BCUT2D eigenvalue weighted by Gasteiger charge is -2.45. The molecule has 0 unspecified atom stereocenters. The second-order valence-corrected chi connectivity index (χ2v) is 11.1.